The molecule has 1 aliphatic rings. The summed E-state index contributed by atoms with van der Waals surface area (Å²) in [6.45, 7) is 7.72. The van der Waals surface area contributed by atoms with Crippen LogP contribution in [0.5, 0.6) is 0 Å². The van der Waals surface area contributed by atoms with Crippen LogP contribution in [0.25, 0.3) is 0 Å². The Kier molecular flexibility index (Phi) is 7.28. The van der Waals surface area contributed by atoms with Crippen LogP contribution >= 0.6 is 0 Å². The summed E-state index contributed by atoms with van der Waals surface area (Å²) in [6.07, 6.45) is 5.02. The average Bonchev–Trinajstić information content (AvgIpc) is 2.70. The molecule has 1 aliphatic heterocycles. The van der Waals surface area contributed by atoms with Crippen molar-refractivity contribution in [3.05, 3.63) is 0 Å². The van der Waals surface area contributed by atoms with Crippen molar-refractivity contribution < 1.29 is 9.53 Å². The van der Waals surface area contributed by atoms with Crippen LogP contribution in [0, 0.1) is 5.92 Å². The lowest BCUT2D eigenvalue weighted by atomic mass is 10.1. The number of likely N-dealkylation sites (tertiary alicyclic amines) is 1. The van der Waals surface area contributed by atoms with Crippen LogP contribution < -0.4 is 5.73 Å². The van der Waals surface area contributed by atoms with E-state index in [0.29, 0.717) is 25.0 Å². The zero-order valence-corrected chi connectivity index (χ0v) is 11.9. The second-order valence-corrected chi connectivity index (χ2v) is 5.30. The zero-order valence-electron chi connectivity index (χ0n) is 11.9. The molecule has 0 spiro atoms. The highest BCUT2D eigenvalue weighted by molar-refractivity contribution is 5.69. The molecule has 1 fully saturated rings. The van der Waals surface area contributed by atoms with Crippen molar-refractivity contribution in [3.63, 3.8) is 0 Å². The lowest BCUT2D eigenvalue weighted by molar-refractivity contribution is -0.143. The van der Waals surface area contributed by atoms with Crippen LogP contribution in [0.4, 0.5) is 0 Å². The van der Waals surface area contributed by atoms with E-state index >= 15 is 0 Å². The normalized spacial score (nSPS) is 24.4. The Bertz CT molecular complexity index is 246. The van der Waals surface area contributed by atoms with Gasteiger partial charge in [0.1, 0.15) is 0 Å². The predicted octanol–water partition coefficient (Wildman–Crippen LogP) is 1.78. The number of carbonyl (C=O) groups is 1. The van der Waals surface area contributed by atoms with E-state index in [0.717, 1.165) is 32.5 Å². The van der Waals surface area contributed by atoms with Crippen molar-refractivity contribution in [3.8, 4) is 0 Å². The van der Waals surface area contributed by atoms with Gasteiger partial charge >= 0.3 is 5.97 Å². The molecular formula is C14H28N2O2. The molecule has 2 unspecified atom stereocenters. The summed E-state index contributed by atoms with van der Waals surface area (Å²) in [5, 5.41) is 0. The Morgan fingerprint density at radius 1 is 1.39 bits per heavy atom. The molecule has 0 amide bonds. The third-order valence-electron chi connectivity index (χ3n) is 3.76. The van der Waals surface area contributed by atoms with Crippen molar-refractivity contribution in [1.29, 1.82) is 0 Å². The largest absolute Gasteiger partial charge is 0.466 e. The first-order valence-electron chi connectivity index (χ1n) is 7.27. The van der Waals surface area contributed by atoms with Crippen molar-refractivity contribution in [1.82, 2.24) is 4.90 Å². The Labute approximate surface area is 111 Å². The van der Waals surface area contributed by atoms with Crippen molar-refractivity contribution in [2.75, 3.05) is 26.2 Å². The molecule has 106 valence electrons. The maximum absolute atomic E-state index is 11.1. The Hall–Kier alpha value is -0.610. The number of nitrogens with two attached hydrogens (primary N) is 1. The second-order valence-electron chi connectivity index (χ2n) is 5.30. The molecule has 1 saturated heterocycles. The van der Waals surface area contributed by atoms with Gasteiger partial charge in [-0.2, -0.15) is 0 Å². The van der Waals surface area contributed by atoms with E-state index in [1.54, 1.807) is 0 Å². The fourth-order valence-corrected chi connectivity index (χ4v) is 2.69. The molecule has 0 bridgehead atoms. The molecular weight excluding hydrogens is 228 g/mol. The highest BCUT2D eigenvalue weighted by Crippen LogP contribution is 2.22. The number of rotatable bonds is 8. The van der Waals surface area contributed by atoms with Crippen LogP contribution in [-0.2, 0) is 9.53 Å². The summed E-state index contributed by atoms with van der Waals surface area (Å²) in [4.78, 5) is 13.7. The van der Waals surface area contributed by atoms with E-state index < -0.39 is 0 Å². The van der Waals surface area contributed by atoms with E-state index in [1.807, 2.05) is 6.92 Å². The summed E-state index contributed by atoms with van der Waals surface area (Å²) in [5.74, 6) is 0.620. The minimum Gasteiger partial charge on any atom is -0.466 e. The molecule has 1 heterocycles. The zero-order chi connectivity index (χ0) is 13.4. The molecule has 4 heteroatoms. The fraction of sp³-hybridized carbons (Fsp3) is 0.929. The molecule has 2 N–H and O–H groups in total. The minimum absolute atomic E-state index is 0.0600. The predicted molar refractivity (Wildman–Crippen MR) is 73.3 cm³/mol. The smallest absolute Gasteiger partial charge is 0.305 e. The molecule has 4 nitrogen and oxygen atoms in total. The molecule has 0 radical (unpaired) electrons. The molecule has 0 aromatic carbocycles. The number of hydrogen-bond donors (Lipinski definition) is 1. The van der Waals surface area contributed by atoms with Crippen LogP contribution in [0.3, 0.4) is 0 Å². The Morgan fingerprint density at radius 2 is 2.17 bits per heavy atom. The van der Waals surface area contributed by atoms with E-state index in [9.17, 15) is 4.79 Å². The van der Waals surface area contributed by atoms with E-state index in [1.165, 1.54) is 12.8 Å². The van der Waals surface area contributed by atoms with Crippen LogP contribution in [-0.4, -0.2) is 43.2 Å². The second kappa shape index (κ2) is 8.48. The fourth-order valence-electron chi connectivity index (χ4n) is 2.69. The molecule has 2 atom stereocenters. The number of esters is 1. The van der Waals surface area contributed by atoms with Crippen LogP contribution in [0.15, 0.2) is 0 Å². The Morgan fingerprint density at radius 3 is 2.78 bits per heavy atom. The van der Waals surface area contributed by atoms with Gasteiger partial charge in [-0.1, -0.05) is 6.42 Å². The van der Waals surface area contributed by atoms with Gasteiger partial charge in [-0.15, -0.1) is 0 Å². The monoisotopic (exact) mass is 256 g/mol. The van der Waals surface area contributed by atoms with Gasteiger partial charge in [-0.3, -0.25) is 4.79 Å². The highest BCUT2D eigenvalue weighted by atomic mass is 16.5. The third kappa shape index (κ3) is 5.36. The lowest BCUT2D eigenvalue weighted by Gasteiger charge is -2.20. The van der Waals surface area contributed by atoms with Gasteiger partial charge in [0.05, 0.1) is 6.61 Å². The quantitative estimate of drug-likeness (QED) is 0.531. The molecule has 0 aromatic rings. The van der Waals surface area contributed by atoms with Gasteiger partial charge in [-0.25, -0.2) is 0 Å². The summed E-state index contributed by atoms with van der Waals surface area (Å²) in [7, 11) is 0. The molecule has 0 aromatic heterocycles. The SMILES string of the molecule is CCOC(=O)CCCCCN1CC(CN)CC1C. The summed E-state index contributed by atoms with van der Waals surface area (Å²) in [6, 6.07) is 0.670. The maximum Gasteiger partial charge on any atom is 0.305 e. The van der Waals surface area contributed by atoms with E-state index in [-0.39, 0.29) is 5.97 Å². The first kappa shape index (κ1) is 15.4. The summed E-state index contributed by atoms with van der Waals surface area (Å²) >= 11 is 0. The highest BCUT2D eigenvalue weighted by Gasteiger charge is 2.27. The topological polar surface area (TPSA) is 55.6 Å². The molecule has 18 heavy (non-hydrogen) atoms. The first-order valence-corrected chi connectivity index (χ1v) is 7.27. The van der Waals surface area contributed by atoms with Crippen molar-refractivity contribution in [2.24, 2.45) is 11.7 Å². The number of hydrogen-bond acceptors (Lipinski definition) is 4. The minimum atomic E-state index is -0.0600. The number of nitrogens with zero attached hydrogens (tertiary/aromatic N) is 1. The molecule has 1 rings (SSSR count). The van der Waals surface area contributed by atoms with E-state index in [2.05, 4.69) is 11.8 Å². The van der Waals surface area contributed by atoms with E-state index in [4.69, 9.17) is 10.5 Å². The number of carbonyl (C=O) groups excluding carboxylic acids is 1. The van der Waals surface area contributed by atoms with Crippen molar-refractivity contribution in [2.45, 2.75) is 52.0 Å². The van der Waals surface area contributed by atoms with Gasteiger partial charge < -0.3 is 15.4 Å². The van der Waals surface area contributed by atoms with Gasteiger partial charge in [0.2, 0.25) is 0 Å². The lowest BCUT2D eigenvalue weighted by Crippen LogP contribution is -2.28. The van der Waals surface area contributed by atoms with Crippen LogP contribution in [0.2, 0.25) is 0 Å². The first-order chi connectivity index (χ1) is 8.67. The van der Waals surface area contributed by atoms with Gasteiger partial charge in [0.15, 0.2) is 0 Å². The summed E-state index contributed by atoms with van der Waals surface area (Å²) in [5.41, 5.74) is 5.72. The van der Waals surface area contributed by atoms with Gasteiger partial charge in [0, 0.05) is 19.0 Å². The Balaban J connectivity index is 2.03. The van der Waals surface area contributed by atoms with Crippen LogP contribution in [0.1, 0.15) is 46.0 Å². The number of ether oxygens (including phenoxy) is 1. The number of unbranched alkanes of at least 4 members (excludes halogenated alkanes) is 2. The molecule has 0 saturated carbocycles. The third-order valence-corrected chi connectivity index (χ3v) is 3.76. The maximum atomic E-state index is 11.1. The van der Waals surface area contributed by atoms with Gasteiger partial charge in [-0.05, 0) is 52.1 Å². The van der Waals surface area contributed by atoms with Gasteiger partial charge in [0.25, 0.3) is 0 Å². The van der Waals surface area contributed by atoms with Crippen molar-refractivity contribution >= 4 is 5.97 Å². The standard InChI is InChI=1S/C14H28N2O2/c1-3-18-14(17)7-5-4-6-8-16-11-13(10-15)9-12(16)2/h12-13H,3-11,15H2,1-2H3. The molecule has 0 aliphatic carbocycles. The average molecular weight is 256 g/mol. The summed E-state index contributed by atoms with van der Waals surface area (Å²) < 4.78 is 4.90.